The first-order valence-corrected chi connectivity index (χ1v) is 7.44. The van der Waals surface area contributed by atoms with Gasteiger partial charge in [-0.2, -0.15) is 0 Å². The van der Waals surface area contributed by atoms with Crippen LogP contribution in [0.3, 0.4) is 0 Å². The van der Waals surface area contributed by atoms with Crippen molar-refractivity contribution in [2.24, 2.45) is 0 Å². The Morgan fingerprint density at radius 2 is 1.65 bits per heavy atom. The summed E-state index contributed by atoms with van der Waals surface area (Å²) >= 11 is 0. The fourth-order valence-corrected chi connectivity index (χ4v) is 3.08. The Kier molecular flexibility index (Phi) is 4.49. The van der Waals surface area contributed by atoms with E-state index >= 15 is 0 Å². The van der Waals surface area contributed by atoms with Gasteiger partial charge in [-0.15, -0.1) is 0 Å². The average Bonchev–Trinajstić information content (AvgIpc) is 2.37. The molecule has 0 fully saturated rings. The molecule has 1 nitrogen and oxygen atoms in total. The average molecular weight is 267 g/mol. The second kappa shape index (κ2) is 6.13. The van der Waals surface area contributed by atoms with Gasteiger partial charge in [-0.05, 0) is 68.5 Å². The molecule has 106 valence electrons. The summed E-state index contributed by atoms with van der Waals surface area (Å²) in [4.78, 5) is 0. The van der Waals surface area contributed by atoms with E-state index in [0.717, 1.165) is 6.42 Å². The summed E-state index contributed by atoms with van der Waals surface area (Å²) in [7, 11) is 0. The van der Waals surface area contributed by atoms with E-state index in [1.807, 2.05) is 0 Å². The molecule has 2 aromatic carbocycles. The molecule has 2 aromatic rings. The zero-order valence-electron chi connectivity index (χ0n) is 13.2. The van der Waals surface area contributed by atoms with E-state index in [4.69, 9.17) is 0 Å². The molecule has 1 atom stereocenters. The second-order valence-corrected chi connectivity index (χ2v) is 5.73. The van der Waals surface area contributed by atoms with Crippen molar-refractivity contribution in [2.45, 2.75) is 47.1 Å². The van der Waals surface area contributed by atoms with Gasteiger partial charge in [0.25, 0.3) is 0 Å². The summed E-state index contributed by atoms with van der Waals surface area (Å²) < 4.78 is 0. The summed E-state index contributed by atoms with van der Waals surface area (Å²) in [6.07, 6.45) is 1.08. The first kappa shape index (κ1) is 14.6. The van der Waals surface area contributed by atoms with Crippen LogP contribution in [-0.2, 0) is 6.42 Å². The first-order chi connectivity index (χ1) is 9.51. The first-order valence-electron chi connectivity index (χ1n) is 7.44. The molecule has 2 rings (SSSR count). The topological polar surface area (TPSA) is 12.0 Å². The number of benzene rings is 2. The van der Waals surface area contributed by atoms with Crippen molar-refractivity contribution in [3.8, 4) is 0 Å². The van der Waals surface area contributed by atoms with Gasteiger partial charge in [0, 0.05) is 11.7 Å². The minimum absolute atomic E-state index is 0.322. The Balaban J connectivity index is 2.26. The second-order valence-electron chi connectivity index (χ2n) is 5.73. The van der Waals surface area contributed by atoms with Crippen LogP contribution in [0.1, 0.15) is 47.7 Å². The molecule has 0 saturated heterocycles. The number of rotatable bonds is 4. The third kappa shape index (κ3) is 3.22. The van der Waals surface area contributed by atoms with Crippen LogP contribution in [0.5, 0.6) is 0 Å². The van der Waals surface area contributed by atoms with Crippen LogP contribution < -0.4 is 5.32 Å². The van der Waals surface area contributed by atoms with Crippen molar-refractivity contribution in [1.82, 2.24) is 0 Å². The molecule has 0 aliphatic carbocycles. The van der Waals surface area contributed by atoms with Gasteiger partial charge < -0.3 is 5.32 Å². The standard InChI is InChI=1S/C19H25N/c1-6-17-8-7-9-18(12-17)20-16(5)19-14(3)10-13(2)11-15(19)4/h7-12,16,20H,6H2,1-5H3. The molecule has 0 aliphatic heterocycles. The number of hydrogen-bond donors (Lipinski definition) is 1. The maximum atomic E-state index is 3.63. The van der Waals surface area contributed by atoms with Gasteiger partial charge in [0.15, 0.2) is 0 Å². The van der Waals surface area contributed by atoms with Crippen molar-refractivity contribution < 1.29 is 0 Å². The lowest BCUT2D eigenvalue weighted by Gasteiger charge is -2.21. The zero-order chi connectivity index (χ0) is 14.7. The van der Waals surface area contributed by atoms with Crippen molar-refractivity contribution >= 4 is 5.69 Å². The molecular formula is C19H25N. The van der Waals surface area contributed by atoms with Crippen LogP contribution in [0, 0.1) is 20.8 Å². The number of aryl methyl sites for hydroxylation is 4. The van der Waals surface area contributed by atoms with Crippen LogP contribution >= 0.6 is 0 Å². The van der Waals surface area contributed by atoms with Gasteiger partial charge in [-0.3, -0.25) is 0 Å². The van der Waals surface area contributed by atoms with Crippen LogP contribution in [0.4, 0.5) is 5.69 Å². The van der Waals surface area contributed by atoms with Crippen LogP contribution in [0.15, 0.2) is 36.4 Å². The monoisotopic (exact) mass is 267 g/mol. The van der Waals surface area contributed by atoms with E-state index in [1.54, 1.807) is 0 Å². The smallest absolute Gasteiger partial charge is 0.0490 e. The van der Waals surface area contributed by atoms with Gasteiger partial charge in [-0.1, -0.05) is 36.8 Å². The van der Waals surface area contributed by atoms with Crippen molar-refractivity contribution in [3.05, 3.63) is 64.2 Å². The lowest BCUT2D eigenvalue weighted by Crippen LogP contribution is -2.10. The molecule has 0 heterocycles. The van der Waals surface area contributed by atoms with Crippen molar-refractivity contribution in [2.75, 3.05) is 5.32 Å². The Hall–Kier alpha value is -1.76. The summed E-state index contributed by atoms with van der Waals surface area (Å²) in [6.45, 7) is 11.0. The molecule has 1 N–H and O–H groups in total. The number of anilines is 1. The van der Waals surface area contributed by atoms with E-state index in [9.17, 15) is 0 Å². The van der Waals surface area contributed by atoms with E-state index in [-0.39, 0.29) is 0 Å². The zero-order valence-corrected chi connectivity index (χ0v) is 13.2. The van der Waals surface area contributed by atoms with E-state index in [2.05, 4.69) is 76.3 Å². The molecule has 1 heteroatoms. The Morgan fingerprint density at radius 3 is 2.25 bits per heavy atom. The predicted octanol–water partition coefficient (Wildman–Crippen LogP) is 5.35. The Bertz CT molecular complexity index is 575. The Labute approximate surface area is 123 Å². The molecule has 0 aliphatic rings. The molecule has 0 aromatic heterocycles. The van der Waals surface area contributed by atoms with Crippen LogP contribution in [0.2, 0.25) is 0 Å². The third-order valence-electron chi connectivity index (χ3n) is 3.89. The SMILES string of the molecule is CCc1cccc(NC(C)c2c(C)cc(C)cc2C)c1. The molecule has 0 bridgehead atoms. The molecule has 0 saturated carbocycles. The lowest BCUT2D eigenvalue weighted by molar-refractivity contribution is 0.861. The summed E-state index contributed by atoms with van der Waals surface area (Å²) in [6, 6.07) is 13.6. The fourth-order valence-electron chi connectivity index (χ4n) is 3.08. The molecule has 1 unspecified atom stereocenters. The van der Waals surface area contributed by atoms with Gasteiger partial charge in [0.2, 0.25) is 0 Å². The third-order valence-corrected chi connectivity index (χ3v) is 3.89. The highest BCUT2D eigenvalue weighted by molar-refractivity contribution is 5.50. The predicted molar refractivity (Wildman–Crippen MR) is 88.5 cm³/mol. The quantitative estimate of drug-likeness (QED) is 0.787. The van der Waals surface area contributed by atoms with Gasteiger partial charge >= 0.3 is 0 Å². The largest absolute Gasteiger partial charge is 0.378 e. The molecule has 20 heavy (non-hydrogen) atoms. The maximum absolute atomic E-state index is 3.63. The van der Waals surface area contributed by atoms with Gasteiger partial charge in [0.05, 0.1) is 0 Å². The molecule has 0 radical (unpaired) electrons. The highest BCUT2D eigenvalue weighted by Crippen LogP contribution is 2.26. The minimum atomic E-state index is 0.322. The maximum Gasteiger partial charge on any atom is 0.0490 e. The van der Waals surface area contributed by atoms with Crippen molar-refractivity contribution in [1.29, 1.82) is 0 Å². The summed E-state index contributed by atoms with van der Waals surface area (Å²) in [5, 5.41) is 3.63. The molecule has 0 spiro atoms. The molecular weight excluding hydrogens is 242 g/mol. The van der Waals surface area contributed by atoms with Gasteiger partial charge in [0.1, 0.15) is 0 Å². The lowest BCUT2D eigenvalue weighted by atomic mass is 9.94. The van der Waals surface area contributed by atoms with Crippen LogP contribution in [-0.4, -0.2) is 0 Å². The molecule has 0 amide bonds. The number of nitrogens with one attached hydrogen (secondary N) is 1. The highest BCUT2D eigenvalue weighted by Gasteiger charge is 2.12. The minimum Gasteiger partial charge on any atom is -0.378 e. The highest BCUT2D eigenvalue weighted by atomic mass is 14.9. The van der Waals surface area contributed by atoms with E-state index in [1.165, 1.54) is 33.5 Å². The van der Waals surface area contributed by atoms with E-state index in [0.29, 0.717) is 6.04 Å². The Morgan fingerprint density at radius 1 is 1.00 bits per heavy atom. The fraction of sp³-hybridized carbons (Fsp3) is 0.368. The number of hydrogen-bond acceptors (Lipinski definition) is 1. The van der Waals surface area contributed by atoms with Crippen molar-refractivity contribution in [3.63, 3.8) is 0 Å². The normalized spacial score (nSPS) is 12.2. The summed E-state index contributed by atoms with van der Waals surface area (Å²) in [5.41, 5.74) is 8.07. The van der Waals surface area contributed by atoms with Gasteiger partial charge in [-0.25, -0.2) is 0 Å². The van der Waals surface area contributed by atoms with Crippen LogP contribution in [0.25, 0.3) is 0 Å². The van der Waals surface area contributed by atoms with E-state index < -0.39 is 0 Å². The summed E-state index contributed by atoms with van der Waals surface area (Å²) in [5.74, 6) is 0.